The van der Waals surface area contributed by atoms with E-state index in [2.05, 4.69) is 10.3 Å². The van der Waals surface area contributed by atoms with E-state index in [9.17, 15) is 4.79 Å². The maximum absolute atomic E-state index is 11.7. The molecule has 0 radical (unpaired) electrons. The van der Waals surface area contributed by atoms with Gasteiger partial charge in [-0.15, -0.1) is 0 Å². The Morgan fingerprint density at radius 3 is 3.05 bits per heavy atom. The van der Waals surface area contributed by atoms with Crippen molar-refractivity contribution in [2.45, 2.75) is 31.8 Å². The number of carbonyl (C=O) groups is 1. The summed E-state index contributed by atoms with van der Waals surface area (Å²) < 4.78 is 1.80. The van der Waals surface area contributed by atoms with Crippen LogP contribution in [0.1, 0.15) is 19.3 Å². The number of nitrogen functional groups attached to an aromatic ring is 1. The van der Waals surface area contributed by atoms with Gasteiger partial charge in [-0.25, -0.2) is 4.98 Å². The van der Waals surface area contributed by atoms with E-state index in [1.165, 1.54) is 0 Å². The first kappa shape index (κ1) is 12.3. The summed E-state index contributed by atoms with van der Waals surface area (Å²) in [5, 5.41) is 3.55. The zero-order chi connectivity index (χ0) is 13.4. The highest BCUT2D eigenvalue weighted by Gasteiger charge is 2.23. The number of rotatable bonds is 4. The van der Waals surface area contributed by atoms with Gasteiger partial charge in [0.1, 0.15) is 0 Å². The maximum Gasteiger partial charge on any atom is 0.222 e. The molecule has 19 heavy (non-hydrogen) atoms. The Balaban J connectivity index is 1.79. The number of aryl methyl sites for hydroxylation is 1. The molecule has 1 aromatic carbocycles. The molecule has 3 N–H and O–H groups in total. The lowest BCUT2D eigenvalue weighted by Gasteiger charge is -2.07. The monoisotopic (exact) mass is 278 g/mol. The van der Waals surface area contributed by atoms with Gasteiger partial charge in [0.25, 0.3) is 0 Å². The number of nitrogens with two attached hydrogens (primary N) is 1. The summed E-state index contributed by atoms with van der Waals surface area (Å²) in [7, 11) is 0. The molecule has 1 aliphatic carbocycles. The third-order valence-electron chi connectivity index (χ3n) is 3.25. The minimum absolute atomic E-state index is 0.0517. The van der Waals surface area contributed by atoms with Crippen LogP contribution in [0, 0.1) is 0 Å². The van der Waals surface area contributed by atoms with Crippen LogP contribution < -0.4 is 11.1 Å². The topological polar surface area (TPSA) is 72.9 Å². The van der Waals surface area contributed by atoms with Gasteiger partial charge < -0.3 is 15.6 Å². The molecule has 1 fully saturated rings. The van der Waals surface area contributed by atoms with E-state index in [0.717, 1.165) is 23.9 Å². The van der Waals surface area contributed by atoms with Crippen molar-refractivity contribution in [1.82, 2.24) is 14.9 Å². The standard InChI is InChI=1S/C13H15ClN4O/c14-9-2-1-3-10-12(9)18(13(15)17-10)7-6-11(19)16-8-4-5-8/h1-3,8H,4-7H2,(H2,15,17)(H,16,19). The fourth-order valence-electron chi connectivity index (χ4n) is 2.13. The average Bonchev–Trinajstić information content (AvgIpc) is 3.10. The first-order chi connectivity index (χ1) is 9.15. The molecule has 1 saturated carbocycles. The van der Waals surface area contributed by atoms with Crippen LogP contribution in [0.2, 0.25) is 5.02 Å². The lowest BCUT2D eigenvalue weighted by Crippen LogP contribution is -2.26. The number of nitrogens with zero attached hydrogens (tertiary/aromatic N) is 2. The van der Waals surface area contributed by atoms with Gasteiger partial charge in [-0.05, 0) is 25.0 Å². The van der Waals surface area contributed by atoms with Crippen LogP contribution in [-0.2, 0) is 11.3 Å². The van der Waals surface area contributed by atoms with Gasteiger partial charge in [-0.2, -0.15) is 0 Å². The summed E-state index contributed by atoms with van der Waals surface area (Å²) in [5.74, 6) is 0.443. The SMILES string of the molecule is Nc1nc2cccc(Cl)c2n1CCC(=O)NC1CC1. The number of amides is 1. The predicted molar refractivity (Wildman–Crippen MR) is 74.9 cm³/mol. The molecule has 3 rings (SSSR count). The Labute approximate surface area is 115 Å². The number of halogens is 1. The van der Waals surface area contributed by atoms with Gasteiger partial charge in [0.2, 0.25) is 11.9 Å². The zero-order valence-corrected chi connectivity index (χ0v) is 11.2. The van der Waals surface area contributed by atoms with E-state index < -0.39 is 0 Å². The molecular weight excluding hydrogens is 264 g/mol. The molecule has 2 aromatic rings. The van der Waals surface area contributed by atoms with Gasteiger partial charge in [-0.3, -0.25) is 4.79 Å². The second kappa shape index (κ2) is 4.74. The molecule has 0 saturated heterocycles. The number of imidazole rings is 1. The number of anilines is 1. The normalized spacial score (nSPS) is 14.8. The average molecular weight is 279 g/mol. The molecule has 100 valence electrons. The second-order valence-electron chi connectivity index (χ2n) is 4.82. The summed E-state index contributed by atoms with van der Waals surface area (Å²) in [5.41, 5.74) is 7.43. The second-order valence-corrected chi connectivity index (χ2v) is 5.23. The Kier molecular flexibility index (Phi) is 3.06. The number of nitrogens with one attached hydrogen (secondary N) is 1. The number of hydrogen-bond donors (Lipinski definition) is 2. The minimum atomic E-state index is 0.0517. The van der Waals surface area contributed by atoms with Crippen molar-refractivity contribution in [3.05, 3.63) is 23.2 Å². The van der Waals surface area contributed by atoms with Crippen molar-refractivity contribution < 1.29 is 4.79 Å². The van der Waals surface area contributed by atoms with E-state index >= 15 is 0 Å². The smallest absolute Gasteiger partial charge is 0.222 e. The summed E-state index contributed by atoms with van der Waals surface area (Å²) in [6.07, 6.45) is 2.57. The molecule has 5 nitrogen and oxygen atoms in total. The first-order valence-corrected chi connectivity index (χ1v) is 6.72. The molecule has 0 aliphatic heterocycles. The van der Waals surface area contributed by atoms with Crippen LogP contribution in [0.15, 0.2) is 18.2 Å². The highest BCUT2D eigenvalue weighted by molar-refractivity contribution is 6.35. The maximum atomic E-state index is 11.7. The van der Waals surface area contributed by atoms with Crippen LogP contribution in [0.5, 0.6) is 0 Å². The Morgan fingerprint density at radius 1 is 1.53 bits per heavy atom. The van der Waals surface area contributed by atoms with Gasteiger partial charge in [0.05, 0.1) is 16.1 Å². The van der Waals surface area contributed by atoms with E-state index in [1.54, 1.807) is 10.6 Å². The number of hydrogen-bond acceptors (Lipinski definition) is 3. The van der Waals surface area contributed by atoms with Gasteiger partial charge in [-0.1, -0.05) is 17.7 Å². The van der Waals surface area contributed by atoms with E-state index in [-0.39, 0.29) is 5.91 Å². The summed E-state index contributed by atoms with van der Waals surface area (Å²) in [6.45, 7) is 0.491. The molecule has 1 heterocycles. The molecular formula is C13H15ClN4O. The van der Waals surface area contributed by atoms with Crippen molar-refractivity contribution in [2.75, 3.05) is 5.73 Å². The van der Waals surface area contributed by atoms with E-state index in [1.807, 2.05) is 12.1 Å². The number of benzene rings is 1. The summed E-state index contributed by atoms with van der Waals surface area (Å²) in [6, 6.07) is 5.87. The van der Waals surface area contributed by atoms with Gasteiger partial charge in [0, 0.05) is 19.0 Å². The first-order valence-electron chi connectivity index (χ1n) is 6.35. The van der Waals surface area contributed by atoms with Crippen molar-refractivity contribution >= 4 is 34.5 Å². The van der Waals surface area contributed by atoms with Crippen molar-refractivity contribution in [2.24, 2.45) is 0 Å². The summed E-state index contributed by atoms with van der Waals surface area (Å²) >= 11 is 6.17. The quantitative estimate of drug-likeness (QED) is 0.898. The summed E-state index contributed by atoms with van der Waals surface area (Å²) in [4.78, 5) is 16.0. The predicted octanol–water partition coefficient (Wildman–Crippen LogP) is 1.94. The molecule has 1 aromatic heterocycles. The fourth-order valence-corrected chi connectivity index (χ4v) is 2.40. The molecule has 0 atom stereocenters. The van der Waals surface area contributed by atoms with E-state index in [4.69, 9.17) is 17.3 Å². The Bertz CT molecular complexity index is 633. The van der Waals surface area contributed by atoms with Crippen molar-refractivity contribution in [3.63, 3.8) is 0 Å². The van der Waals surface area contributed by atoms with E-state index in [0.29, 0.717) is 30.0 Å². The number of para-hydroxylation sites is 1. The molecule has 1 amide bonds. The molecule has 0 unspecified atom stereocenters. The van der Waals surface area contributed by atoms with Crippen molar-refractivity contribution in [3.8, 4) is 0 Å². The molecule has 6 heteroatoms. The molecule has 1 aliphatic rings. The minimum Gasteiger partial charge on any atom is -0.369 e. The van der Waals surface area contributed by atoms with Crippen molar-refractivity contribution in [1.29, 1.82) is 0 Å². The third kappa shape index (κ3) is 2.51. The van der Waals surface area contributed by atoms with Gasteiger partial charge >= 0.3 is 0 Å². The number of carbonyl (C=O) groups excluding carboxylic acids is 1. The fraction of sp³-hybridized carbons (Fsp3) is 0.385. The van der Waals surface area contributed by atoms with Crippen LogP contribution >= 0.6 is 11.6 Å². The molecule has 0 spiro atoms. The van der Waals surface area contributed by atoms with Crippen LogP contribution in [0.3, 0.4) is 0 Å². The largest absolute Gasteiger partial charge is 0.369 e. The lowest BCUT2D eigenvalue weighted by atomic mass is 10.3. The number of fused-ring (bicyclic) bond motifs is 1. The highest BCUT2D eigenvalue weighted by atomic mass is 35.5. The van der Waals surface area contributed by atoms with Crippen LogP contribution in [0.25, 0.3) is 11.0 Å². The van der Waals surface area contributed by atoms with Crippen LogP contribution in [0.4, 0.5) is 5.95 Å². The van der Waals surface area contributed by atoms with Crippen LogP contribution in [-0.4, -0.2) is 21.5 Å². The lowest BCUT2D eigenvalue weighted by molar-refractivity contribution is -0.121. The highest BCUT2D eigenvalue weighted by Crippen LogP contribution is 2.26. The number of aromatic nitrogens is 2. The van der Waals surface area contributed by atoms with Gasteiger partial charge in [0.15, 0.2) is 0 Å². The Morgan fingerprint density at radius 2 is 2.32 bits per heavy atom. The third-order valence-corrected chi connectivity index (χ3v) is 3.56. The molecule has 0 bridgehead atoms. The Hall–Kier alpha value is -1.75. The zero-order valence-electron chi connectivity index (χ0n) is 10.4.